The highest BCUT2D eigenvalue weighted by molar-refractivity contribution is 5.13. The summed E-state index contributed by atoms with van der Waals surface area (Å²) in [6.07, 6.45) is 3.78. The maximum absolute atomic E-state index is 5.96. The van der Waals surface area contributed by atoms with Gasteiger partial charge in [-0.15, -0.1) is 0 Å². The number of nitrogens with zero attached hydrogens (tertiary/aromatic N) is 1. The van der Waals surface area contributed by atoms with Gasteiger partial charge in [-0.05, 0) is 24.3 Å². The molecular formula is C15H23NO. The molecule has 1 heterocycles. The largest absolute Gasteiger partial charge is 0.294 e. The third kappa shape index (κ3) is 3.30. The minimum absolute atomic E-state index is 0.615. The van der Waals surface area contributed by atoms with E-state index in [1.807, 2.05) is 6.07 Å². The third-order valence-electron chi connectivity index (χ3n) is 3.79. The van der Waals surface area contributed by atoms with Crippen LogP contribution in [0.4, 0.5) is 0 Å². The standard InChI is InChI=1S/C15H23NO/c1-3-13(2)15-10-7-11-16(15)17-12-14-8-5-4-6-9-14/h4-6,8-9,13,15H,3,7,10-12H2,1-2H3. The van der Waals surface area contributed by atoms with Crippen molar-refractivity contribution in [2.24, 2.45) is 5.92 Å². The van der Waals surface area contributed by atoms with Gasteiger partial charge in [0.25, 0.3) is 0 Å². The predicted octanol–water partition coefficient (Wildman–Crippen LogP) is 3.63. The van der Waals surface area contributed by atoms with Crippen LogP contribution in [-0.4, -0.2) is 17.6 Å². The molecule has 0 radical (unpaired) electrons. The molecule has 1 aromatic carbocycles. The van der Waals surface area contributed by atoms with Crippen molar-refractivity contribution in [3.8, 4) is 0 Å². The topological polar surface area (TPSA) is 12.5 Å². The van der Waals surface area contributed by atoms with Crippen LogP contribution in [0.25, 0.3) is 0 Å². The highest BCUT2D eigenvalue weighted by atomic mass is 16.7. The molecule has 1 saturated heterocycles. The second kappa shape index (κ2) is 6.18. The zero-order valence-corrected chi connectivity index (χ0v) is 10.9. The molecule has 0 N–H and O–H groups in total. The average Bonchev–Trinajstić information content (AvgIpc) is 2.85. The minimum Gasteiger partial charge on any atom is -0.294 e. The van der Waals surface area contributed by atoms with Crippen LogP contribution in [0.5, 0.6) is 0 Å². The lowest BCUT2D eigenvalue weighted by molar-refractivity contribution is -0.187. The van der Waals surface area contributed by atoms with Crippen LogP contribution in [0.15, 0.2) is 30.3 Å². The molecule has 2 heteroatoms. The fourth-order valence-electron chi connectivity index (χ4n) is 2.50. The summed E-state index contributed by atoms with van der Waals surface area (Å²) in [5, 5.41) is 2.21. The summed E-state index contributed by atoms with van der Waals surface area (Å²) in [7, 11) is 0. The normalized spacial score (nSPS) is 22.8. The molecule has 0 bridgehead atoms. The first kappa shape index (κ1) is 12.6. The molecule has 0 spiro atoms. The number of hydrogen-bond acceptors (Lipinski definition) is 2. The van der Waals surface area contributed by atoms with E-state index < -0.39 is 0 Å². The third-order valence-corrected chi connectivity index (χ3v) is 3.79. The van der Waals surface area contributed by atoms with Crippen LogP contribution in [-0.2, 0) is 11.4 Å². The van der Waals surface area contributed by atoms with Gasteiger partial charge in [0.1, 0.15) is 0 Å². The Morgan fingerprint density at radius 3 is 2.82 bits per heavy atom. The molecule has 2 atom stereocenters. The van der Waals surface area contributed by atoms with E-state index in [9.17, 15) is 0 Å². The second-order valence-electron chi connectivity index (χ2n) is 4.99. The van der Waals surface area contributed by atoms with Gasteiger partial charge in [-0.25, -0.2) is 0 Å². The van der Waals surface area contributed by atoms with Crippen LogP contribution >= 0.6 is 0 Å². The summed E-state index contributed by atoms with van der Waals surface area (Å²) in [6.45, 7) is 6.38. The van der Waals surface area contributed by atoms with E-state index >= 15 is 0 Å². The molecule has 2 unspecified atom stereocenters. The van der Waals surface area contributed by atoms with Crippen molar-refractivity contribution in [2.45, 2.75) is 45.8 Å². The van der Waals surface area contributed by atoms with Gasteiger partial charge in [-0.3, -0.25) is 4.84 Å². The van der Waals surface area contributed by atoms with Crippen molar-refractivity contribution in [3.05, 3.63) is 35.9 Å². The van der Waals surface area contributed by atoms with E-state index in [2.05, 4.69) is 43.2 Å². The highest BCUT2D eigenvalue weighted by Crippen LogP contribution is 2.26. The number of benzene rings is 1. The van der Waals surface area contributed by atoms with E-state index in [1.165, 1.54) is 24.8 Å². The van der Waals surface area contributed by atoms with Gasteiger partial charge in [0.15, 0.2) is 0 Å². The minimum atomic E-state index is 0.615. The van der Waals surface area contributed by atoms with Gasteiger partial charge >= 0.3 is 0 Å². The molecule has 1 fully saturated rings. The molecule has 0 aromatic heterocycles. The number of hydroxylamine groups is 2. The highest BCUT2D eigenvalue weighted by Gasteiger charge is 2.29. The lowest BCUT2D eigenvalue weighted by Crippen LogP contribution is -2.34. The second-order valence-corrected chi connectivity index (χ2v) is 4.99. The monoisotopic (exact) mass is 233 g/mol. The number of hydrogen-bond donors (Lipinski definition) is 0. The maximum Gasteiger partial charge on any atom is 0.0936 e. The van der Waals surface area contributed by atoms with Crippen molar-refractivity contribution in [1.29, 1.82) is 0 Å². The number of rotatable bonds is 5. The fourth-order valence-corrected chi connectivity index (χ4v) is 2.50. The van der Waals surface area contributed by atoms with Crippen molar-refractivity contribution < 1.29 is 4.84 Å². The van der Waals surface area contributed by atoms with Crippen LogP contribution in [0.3, 0.4) is 0 Å². The smallest absolute Gasteiger partial charge is 0.0936 e. The van der Waals surface area contributed by atoms with E-state index in [0.717, 1.165) is 12.5 Å². The van der Waals surface area contributed by atoms with Crippen molar-refractivity contribution in [3.63, 3.8) is 0 Å². The van der Waals surface area contributed by atoms with E-state index in [1.54, 1.807) is 0 Å². The van der Waals surface area contributed by atoms with Crippen LogP contribution in [0, 0.1) is 5.92 Å². The summed E-state index contributed by atoms with van der Waals surface area (Å²) >= 11 is 0. The first-order chi connectivity index (χ1) is 8.31. The Bertz CT molecular complexity index is 325. The molecule has 17 heavy (non-hydrogen) atoms. The molecule has 2 rings (SSSR count). The summed E-state index contributed by atoms with van der Waals surface area (Å²) < 4.78 is 0. The molecule has 1 aliphatic heterocycles. The Morgan fingerprint density at radius 1 is 1.35 bits per heavy atom. The van der Waals surface area contributed by atoms with Crippen LogP contribution < -0.4 is 0 Å². The van der Waals surface area contributed by atoms with Crippen molar-refractivity contribution in [1.82, 2.24) is 5.06 Å². The van der Waals surface area contributed by atoms with Gasteiger partial charge in [-0.1, -0.05) is 50.6 Å². The molecule has 0 aliphatic carbocycles. The van der Waals surface area contributed by atoms with Gasteiger partial charge in [0.2, 0.25) is 0 Å². The predicted molar refractivity (Wildman–Crippen MR) is 70.4 cm³/mol. The molecule has 0 saturated carbocycles. The molecule has 2 nitrogen and oxygen atoms in total. The summed E-state index contributed by atoms with van der Waals surface area (Å²) in [5.41, 5.74) is 1.25. The van der Waals surface area contributed by atoms with E-state index in [-0.39, 0.29) is 0 Å². The van der Waals surface area contributed by atoms with Gasteiger partial charge in [0, 0.05) is 12.6 Å². The Kier molecular flexibility index (Phi) is 4.57. The fraction of sp³-hybridized carbons (Fsp3) is 0.600. The molecule has 1 aromatic rings. The zero-order valence-electron chi connectivity index (χ0n) is 10.9. The first-order valence-electron chi connectivity index (χ1n) is 6.74. The Hall–Kier alpha value is -0.860. The zero-order chi connectivity index (χ0) is 12.1. The van der Waals surface area contributed by atoms with Gasteiger partial charge in [0.05, 0.1) is 6.61 Å². The quantitative estimate of drug-likeness (QED) is 0.770. The summed E-state index contributed by atoms with van der Waals surface area (Å²) in [6, 6.07) is 11.0. The van der Waals surface area contributed by atoms with Crippen LogP contribution in [0.2, 0.25) is 0 Å². The Balaban J connectivity index is 1.86. The molecule has 0 amide bonds. The Morgan fingerprint density at radius 2 is 2.12 bits per heavy atom. The average molecular weight is 233 g/mol. The van der Waals surface area contributed by atoms with Gasteiger partial charge < -0.3 is 0 Å². The van der Waals surface area contributed by atoms with E-state index in [4.69, 9.17) is 4.84 Å². The summed E-state index contributed by atoms with van der Waals surface area (Å²) in [5.74, 6) is 0.730. The maximum atomic E-state index is 5.96. The molecule has 94 valence electrons. The SMILES string of the molecule is CCC(C)C1CCCN1OCc1ccccc1. The van der Waals surface area contributed by atoms with Crippen molar-refractivity contribution >= 4 is 0 Å². The van der Waals surface area contributed by atoms with Gasteiger partial charge in [-0.2, -0.15) is 5.06 Å². The molecular weight excluding hydrogens is 210 g/mol. The lowest BCUT2D eigenvalue weighted by atomic mass is 9.98. The summed E-state index contributed by atoms with van der Waals surface area (Å²) in [4.78, 5) is 5.96. The van der Waals surface area contributed by atoms with Crippen LogP contribution in [0.1, 0.15) is 38.7 Å². The Labute approximate surface area is 105 Å². The van der Waals surface area contributed by atoms with E-state index in [0.29, 0.717) is 12.6 Å². The lowest BCUT2D eigenvalue weighted by Gasteiger charge is -2.28. The first-order valence-corrected chi connectivity index (χ1v) is 6.74. The molecule has 1 aliphatic rings. The van der Waals surface area contributed by atoms with Crippen molar-refractivity contribution in [2.75, 3.05) is 6.54 Å².